The maximum absolute atomic E-state index is 8.87. The minimum atomic E-state index is 0.0716. The molecule has 1 rings (SSSR count). The number of nitrogens with zero attached hydrogens (tertiary/aromatic N) is 5. The molecule has 0 aliphatic carbocycles. The largest absolute Gasteiger partial charge is 0.379 e. The lowest BCUT2D eigenvalue weighted by Crippen LogP contribution is -2.13. The molecular weight excluding hydrogens is 276 g/mol. The summed E-state index contributed by atoms with van der Waals surface area (Å²) in [7, 11) is 3.54. The second-order valence-corrected chi connectivity index (χ2v) is 4.30. The summed E-state index contributed by atoms with van der Waals surface area (Å²) >= 11 is 5.74. The van der Waals surface area contributed by atoms with Crippen molar-refractivity contribution >= 4 is 23.6 Å². The van der Waals surface area contributed by atoms with E-state index in [1.54, 1.807) is 43.4 Å². The Balaban J connectivity index is 2.70. The normalized spacial score (nSPS) is 9.65. The van der Waals surface area contributed by atoms with Crippen LogP contribution in [0.2, 0.25) is 5.15 Å². The van der Waals surface area contributed by atoms with Crippen molar-refractivity contribution in [2.75, 3.05) is 19.5 Å². The molecule has 1 N–H and O–H groups in total. The van der Waals surface area contributed by atoms with E-state index < -0.39 is 0 Å². The van der Waals surface area contributed by atoms with Gasteiger partial charge >= 0.3 is 0 Å². The standard InChI is InChI=1S/C13H13ClN6/c1-20(2)11(10(8-15)9-16)6-7-17-19-13-5-3-4-12(14)18-13/h3-5,7H,6H2,1-2H3,(H,18,19)/b17-7-. The van der Waals surface area contributed by atoms with Crippen LogP contribution in [0, 0.1) is 22.7 Å². The Morgan fingerprint density at radius 2 is 2.15 bits per heavy atom. The molecule has 1 heterocycles. The van der Waals surface area contributed by atoms with Crippen molar-refractivity contribution in [3.63, 3.8) is 0 Å². The third-order valence-corrected chi connectivity index (χ3v) is 2.53. The smallest absolute Gasteiger partial charge is 0.149 e. The first-order valence-electron chi connectivity index (χ1n) is 5.69. The molecule has 1 aromatic rings. The molecule has 7 heteroatoms. The Bertz CT molecular complexity index is 590. The SMILES string of the molecule is CN(C)C(C/C=N\Nc1cccc(Cl)n1)=C(C#N)C#N. The lowest BCUT2D eigenvalue weighted by molar-refractivity contribution is 0.503. The molecule has 0 aliphatic heterocycles. The van der Waals surface area contributed by atoms with Gasteiger partial charge in [0.05, 0.1) is 0 Å². The van der Waals surface area contributed by atoms with Gasteiger partial charge in [-0.05, 0) is 12.1 Å². The minimum Gasteiger partial charge on any atom is -0.379 e. The molecule has 0 bridgehead atoms. The van der Waals surface area contributed by atoms with E-state index in [-0.39, 0.29) is 5.57 Å². The third-order valence-electron chi connectivity index (χ3n) is 2.32. The highest BCUT2D eigenvalue weighted by Gasteiger charge is 2.06. The fourth-order valence-corrected chi connectivity index (χ4v) is 1.54. The van der Waals surface area contributed by atoms with Gasteiger partial charge in [-0.1, -0.05) is 17.7 Å². The van der Waals surface area contributed by atoms with Gasteiger partial charge in [-0.15, -0.1) is 0 Å². The Hall–Kier alpha value is -2.57. The average molecular weight is 289 g/mol. The molecule has 0 unspecified atom stereocenters. The van der Waals surface area contributed by atoms with Crippen LogP contribution >= 0.6 is 11.6 Å². The number of hydrazone groups is 1. The van der Waals surface area contributed by atoms with E-state index in [1.807, 2.05) is 12.1 Å². The van der Waals surface area contributed by atoms with Crippen molar-refractivity contribution in [2.24, 2.45) is 5.10 Å². The van der Waals surface area contributed by atoms with Gasteiger partial charge in [0.2, 0.25) is 0 Å². The number of allylic oxidation sites excluding steroid dienone is 2. The second kappa shape index (κ2) is 7.78. The van der Waals surface area contributed by atoms with Gasteiger partial charge in [-0.2, -0.15) is 15.6 Å². The van der Waals surface area contributed by atoms with Gasteiger partial charge < -0.3 is 4.90 Å². The maximum Gasteiger partial charge on any atom is 0.149 e. The number of nitriles is 2. The zero-order chi connectivity index (χ0) is 15.0. The molecular formula is C13H13ClN6. The second-order valence-electron chi connectivity index (χ2n) is 3.91. The quantitative estimate of drug-likeness (QED) is 0.389. The van der Waals surface area contributed by atoms with Gasteiger partial charge in [-0.25, -0.2) is 4.98 Å². The Morgan fingerprint density at radius 1 is 1.45 bits per heavy atom. The van der Waals surface area contributed by atoms with Crippen LogP contribution in [0.15, 0.2) is 34.6 Å². The molecule has 0 aromatic carbocycles. The van der Waals surface area contributed by atoms with Gasteiger partial charge in [0.1, 0.15) is 28.7 Å². The predicted octanol–water partition coefficient (Wildman–Crippen LogP) is 2.39. The lowest BCUT2D eigenvalue weighted by atomic mass is 10.2. The number of nitrogens with one attached hydrogen (secondary N) is 1. The summed E-state index contributed by atoms with van der Waals surface area (Å²) in [6.45, 7) is 0. The molecule has 0 radical (unpaired) electrons. The topological polar surface area (TPSA) is 88.1 Å². The lowest BCUT2D eigenvalue weighted by Gasteiger charge is -2.15. The minimum absolute atomic E-state index is 0.0716. The van der Waals surface area contributed by atoms with Crippen LogP contribution in [0.25, 0.3) is 0 Å². The van der Waals surface area contributed by atoms with Crippen LogP contribution < -0.4 is 5.43 Å². The molecule has 1 aromatic heterocycles. The van der Waals surface area contributed by atoms with Gasteiger partial charge in [0, 0.05) is 32.4 Å². The van der Waals surface area contributed by atoms with Crippen LogP contribution in [0.4, 0.5) is 5.82 Å². The van der Waals surface area contributed by atoms with Crippen molar-refractivity contribution in [3.8, 4) is 12.1 Å². The number of aromatic nitrogens is 1. The molecule has 0 spiro atoms. The Labute approximate surface area is 122 Å². The van der Waals surface area contributed by atoms with Gasteiger partial charge in [0.25, 0.3) is 0 Å². The van der Waals surface area contributed by atoms with Crippen LogP contribution in [0.1, 0.15) is 6.42 Å². The van der Waals surface area contributed by atoms with E-state index in [0.29, 0.717) is 23.1 Å². The summed E-state index contributed by atoms with van der Waals surface area (Å²) in [4.78, 5) is 5.72. The van der Waals surface area contributed by atoms with Crippen LogP contribution in [-0.2, 0) is 0 Å². The fourth-order valence-electron chi connectivity index (χ4n) is 1.38. The van der Waals surface area contributed by atoms with E-state index >= 15 is 0 Å². The molecule has 102 valence electrons. The van der Waals surface area contributed by atoms with E-state index in [2.05, 4.69) is 15.5 Å². The van der Waals surface area contributed by atoms with Crippen LogP contribution in [0.5, 0.6) is 0 Å². The predicted molar refractivity (Wildman–Crippen MR) is 77.9 cm³/mol. The molecule has 0 saturated heterocycles. The summed E-state index contributed by atoms with van der Waals surface area (Å²) in [5.41, 5.74) is 3.39. The number of rotatable bonds is 5. The van der Waals surface area contributed by atoms with Gasteiger partial charge in [0.15, 0.2) is 0 Å². The highest BCUT2D eigenvalue weighted by molar-refractivity contribution is 6.29. The zero-order valence-corrected chi connectivity index (χ0v) is 11.9. The zero-order valence-electron chi connectivity index (χ0n) is 11.1. The number of pyridine rings is 1. The molecule has 0 amide bonds. The fraction of sp³-hybridized carbons (Fsp3) is 0.231. The highest BCUT2D eigenvalue weighted by Crippen LogP contribution is 2.10. The molecule has 6 nitrogen and oxygen atoms in total. The molecule has 0 saturated carbocycles. The van der Waals surface area contributed by atoms with E-state index in [9.17, 15) is 0 Å². The first-order valence-corrected chi connectivity index (χ1v) is 6.07. The summed E-state index contributed by atoms with van der Waals surface area (Å²) in [5.74, 6) is 0.518. The number of hydrogen-bond donors (Lipinski definition) is 1. The summed E-state index contributed by atoms with van der Waals surface area (Å²) in [6, 6.07) is 8.87. The van der Waals surface area contributed by atoms with Crippen molar-refractivity contribution < 1.29 is 0 Å². The first kappa shape index (κ1) is 15.5. The maximum atomic E-state index is 8.87. The van der Waals surface area contributed by atoms with E-state index in [4.69, 9.17) is 22.1 Å². The number of hydrogen-bond acceptors (Lipinski definition) is 6. The highest BCUT2D eigenvalue weighted by atomic mass is 35.5. The first-order chi connectivity index (χ1) is 9.58. The molecule has 0 atom stereocenters. The van der Waals surface area contributed by atoms with Crippen molar-refractivity contribution in [2.45, 2.75) is 6.42 Å². The molecule has 0 fully saturated rings. The Morgan fingerprint density at radius 3 is 2.70 bits per heavy atom. The molecule has 20 heavy (non-hydrogen) atoms. The van der Waals surface area contributed by atoms with Crippen molar-refractivity contribution in [3.05, 3.63) is 34.6 Å². The number of anilines is 1. The summed E-state index contributed by atoms with van der Waals surface area (Å²) in [5, 5.41) is 22.1. The average Bonchev–Trinajstić information content (AvgIpc) is 2.42. The summed E-state index contributed by atoms with van der Waals surface area (Å²) < 4.78 is 0. The molecule has 0 aliphatic rings. The van der Waals surface area contributed by atoms with Crippen LogP contribution in [-0.4, -0.2) is 30.2 Å². The number of halogens is 1. The van der Waals surface area contributed by atoms with Gasteiger partial charge in [-0.3, -0.25) is 5.43 Å². The third kappa shape index (κ3) is 4.60. The Kier molecular flexibility index (Phi) is 6.02. The van der Waals surface area contributed by atoms with Crippen molar-refractivity contribution in [1.82, 2.24) is 9.88 Å². The van der Waals surface area contributed by atoms with Crippen molar-refractivity contribution in [1.29, 1.82) is 10.5 Å². The van der Waals surface area contributed by atoms with E-state index in [0.717, 1.165) is 0 Å². The monoisotopic (exact) mass is 288 g/mol. The summed E-state index contributed by atoms with van der Waals surface area (Å²) in [6.07, 6.45) is 1.92. The van der Waals surface area contributed by atoms with Crippen LogP contribution in [0.3, 0.4) is 0 Å². The van der Waals surface area contributed by atoms with E-state index in [1.165, 1.54) is 0 Å².